The number of anilines is 2. The van der Waals surface area contributed by atoms with Gasteiger partial charge in [0.05, 0.1) is 35.3 Å². The molecular formula is C30H26F2N6O6S. The van der Waals surface area contributed by atoms with Crippen molar-refractivity contribution >= 4 is 32.6 Å². The predicted molar refractivity (Wildman–Crippen MR) is 162 cm³/mol. The minimum atomic E-state index is -3.10. The van der Waals surface area contributed by atoms with Crippen LogP contribution in [0.25, 0.3) is 11.2 Å². The molecule has 0 spiro atoms. The van der Waals surface area contributed by atoms with Gasteiger partial charge in [0.2, 0.25) is 0 Å². The Bertz CT molecular complexity index is 2160. The van der Waals surface area contributed by atoms with Gasteiger partial charge in [0.25, 0.3) is 11.5 Å². The second-order valence-electron chi connectivity index (χ2n) is 10.3. The zero-order valence-electron chi connectivity index (χ0n) is 23.8. The van der Waals surface area contributed by atoms with Gasteiger partial charge in [0.15, 0.2) is 27.2 Å². The number of fused-ring (bicyclic) bond motifs is 1. The van der Waals surface area contributed by atoms with Crippen LogP contribution in [0.15, 0.2) is 82.8 Å². The van der Waals surface area contributed by atoms with Gasteiger partial charge in [-0.3, -0.25) is 14.2 Å². The van der Waals surface area contributed by atoms with Crippen LogP contribution < -0.4 is 26.2 Å². The number of hydrogen-bond acceptors (Lipinski definition) is 8. The molecule has 1 amide bonds. The highest BCUT2D eigenvalue weighted by molar-refractivity contribution is 7.91. The van der Waals surface area contributed by atoms with Crippen LogP contribution in [0.2, 0.25) is 0 Å². The average molecular weight is 637 g/mol. The number of pyridine rings is 1. The van der Waals surface area contributed by atoms with Crippen molar-refractivity contribution in [2.45, 2.75) is 13.5 Å². The minimum absolute atomic E-state index is 0.0156. The first-order valence-corrected chi connectivity index (χ1v) is 15.7. The molecule has 3 aromatic heterocycles. The number of carbonyl (C=O) groups excluding carboxylic acids is 1. The Labute approximate surface area is 254 Å². The fraction of sp³-hybridized carbons (Fsp3) is 0.200. The number of rotatable bonds is 7. The second kappa shape index (κ2) is 11.6. The molecule has 232 valence electrons. The Kier molecular flexibility index (Phi) is 7.70. The molecule has 45 heavy (non-hydrogen) atoms. The lowest BCUT2D eigenvalue weighted by atomic mass is 10.2. The van der Waals surface area contributed by atoms with E-state index in [0.29, 0.717) is 24.3 Å². The van der Waals surface area contributed by atoms with Gasteiger partial charge in [-0.15, -0.1) is 0 Å². The Morgan fingerprint density at radius 3 is 2.38 bits per heavy atom. The van der Waals surface area contributed by atoms with Gasteiger partial charge in [0, 0.05) is 43.7 Å². The summed E-state index contributed by atoms with van der Waals surface area (Å²) in [5.41, 5.74) is -0.720. The third kappa shape index (κ3) is 5.93. The largest absolute Gasteiger partial charge is 0.452 e. The number of ether oxygens (including phenoxy) is 1. The first-order valence-electron chi connectivity index (χ1n) is 13.9. The van der Waals surface area contributed by atoms with Crippen LogP contribution in [-0.2, 0) is 16.4 Å². The molecule has 1 saturated heterocycles. The summed E-state index contributed by atoms with van der Waals surface area (Å²) in [7, 11) is -3.10. The van der Waals surface area contributed by atoms with E-state index in [4.69, 9.17) is 4.74 Å². The molecule has 1 aliphatic heterocycles. The SMILES string of the molecule is CCn1cc(C(=O)Nc2ccc(Oc3cc(N4CCS(=O)(=O)CC4)cn4nccc34)c(F)c2)c(=O)n(-c2ccc(F)cc2)c1=O. The quantitative estimate of drug-likeness (QED) is 0.288. The van der Waals surface area contributed by atoms with Crippen LogP contribution in [-0.4, -0.2) is 57.7 Å². The highest BCUT2D eigenvalue weighted by Crippen LogP contribution is 2.33. The lowest BCUT2D eigenvalue weighted by molar-refractivity contribution is 0.102. The number of hydrogen-bond donors (Lipinski definition) is 1. The van der Waals surface area contributed by atoms with Crippen molar-refractivity contribution in [3.63, 3.8) is 0 Å². The van der Waals surface area contributed by atoms with Crippen LogP contribution in [0.5, 0.6) is 11.5 Å². The topological polar surface area (TPSA) is 137 Å². The number of nitrogens with zero attached hydrogens (tertiary/aromatic N) is 5. The van der Waals surface area contributed by atoms with Gasteiger partial charge >= 0.3 is 5.69 Å². The average Bonchev–Trinajstić information content (AvgIpc) is 3.49. The molecule has 0 aliphatic carbocycles. The van der Waals surface area contributed by atoms with Gasteiger partial charge in [-0.05, 0) is 49.4 Å². The molecule has 12 nitrogen and oxygen atoms in total. The first-order chi connectivity index (χ1) is 21.5. The number of halogens is 2. The van der Waals surface area contributed by atoms with Crippen LogP contribution in [0, 0.1) is 11.6 Å². The van der Waals surface area contributed by atoms with Crippen molar-refractivity contribution in [2.75, 3.05) is 34.8 Å². The normalized spacial score (nSPS) is 14.4. The number of carbonyl (C=O) groups is 1. The predicted octanol–water partition coefficient (Wildman–Crippen LogP) is 3.22. The number of aromatic nitrogens is 4. The molecule has 15 heteroatoms. The van der Waals surface area contributed by atoms with Crippen molar-refractivity contribution in [3.8, 4) is 17.2 Å². The smallest absolute Gasteiger partial charge is 0.335 e. The fourth-order valence-electron chi connectivity index (χ4n) is 4.99. The molecule has 0 bridgehead atoms. The Balaban J connectivity index is 1.26. The number of nitrogens with one attached hydrogen (secondary N) is 1. The van der Waals surface area contributed by atoms with E-state index in [-0.39, 0.29) is 46.5 Å². The summed E-state index contributed by atoms with van der Waals surface area (Å²) >= 11 is 0. The second-order valence-corrected chi connectivity index (χ2v) is 12.6. The Hall–Kier alpha value is -5.31. The molecule has 0 saturated carbocycles. The number of benzene rings is 2. The van der Waals surface area contributed by atoms with Crippen molar-refractivity contribution in [2.24, 2.45) is 0 Å². The summed E-state index contributed by atoms with van der Waals surface area (Å²) < 4.78 is 61.9. The molecule has 1 fully saturated rings. The third-order valence-corrected chi connectivity index (χ3v) is 9.01. The van der Waals surface area contributed by atoms with Gasteiger partial charge in [-0.25, -0.2) is 31.1 Å². The molecule has 1 N–H and O–H groups in total. The maximum absolute atomic E-state index is 15.3. The summed E-state index contributed by atoms with van der Waals surface area (Å²) in [5, 5.41) is 6.72. The van der Waals surface area contributed by atoms with Gasteiger partial charge < -0.3 is 15.0 Å². The van der Waals surface area contributed by atoms with E-state index in [1.165, 1.54) is 24.3 Å². The summed E-state index contributed by atoms with van der Waals surface area (Å²) in [6, 6.07) is 11.8. The zero-order valence-corrected chi connectivity index (χ0v) is 24.6. The third-order valence-electron chi connectivity index (χ3n) is 7.40. The zero-order chi connectivity index (χ0) is 31.9. The maximum atomic E-state index is 15.3. The number of sulfone groups is 1. The summed E-state index contributed by atoms with van der Waals surface area (Å²) in [5.74, 6) is -2.12. The van der Waals surface area contributed by atoms with E-state index < -0.39 is 38.6 Å². The fourth-order valence-corrected chi connectivity index (χ4v) is 6.19. The summed E-state index contributed by atoms with van der Waals surface area (Å²) in [6.07, 6.45) is 4.41. The van der Waals surface area contributed by atoms with E-state index in [1.807, 2.05) is 4.90 Å². The van der Waals surface area contributed by atoms with Crippen molar-refractivity contribution in [1.82, 2.24) is 18.7 Å². The highest BCUT2D eigenvalue weighted by atomic mass is 32.2. The molecule has 0 radical (unpaired) electrons. The molecule has 6 rings (SSSR count). The van der Waals surface area contributed by atoms with Gasteiger partial charge in [-0.1, -0.05) is 0 Å². The Morgan fingerprint density at radius 2 is 1.69 bits per heavy atom. The lowest BCUT2D eigenvalue weighted by Crippen LogP contribution is -2.42. The molecule has 5 aromatic rings. The monoisotopic (exact) mass is 636 g/mol. The van der Waals surface area contributed by atoms with E-state index >= 15 is 4.39 Å². The minimum Gasteiger partial charge on any atom is -0.452 e. The van der Waals surface area contributed by atoms with Crippen molar-refractivity contribution in [3.05, 3.63) is 111 Å². The summed E-state index contributed by atoms with van der Waals surface area (Å²) in [4.78, 5) is 41.2. The van der Waals surface area contributed by atoms with Crippen molar-refractivity contribution in [1.29, 1.82) is 0 Å². The van der Waals surface area contributed by atoms with Crippen LogP contribution in [0.1, 0.15) is 17.3 Å². The number of aryl methyl sites for hydroxylation is 1. The Morgan fingerprint density at radius 1 is 0.956 bits per heavy atom. The maximum Gasteiger partial charge on any atom is 0.335 e. The van der Waals surface area contributed by atoms with Gasteiger partial charge in [0.1, 0.15) is 16.9 Å². The molecule has 4 heterocycles. The molecular weight excluding hydrogens is 610 g/mol. The molecule has 0 unspecified atom stereocenters. The molecule has 2 aromatic carbocycles. The van der Waals surface area contributed by atoms with Crippen LogP contribution >= 0.6 is 0 Å². The van der Waals surface area contributed by atoms with E-state index in [0.717, 1.165) is 33.5 Å². The number of amides is 1. The standard InChI is InChI=1S/C30H26F2N6O6S/c1-2-35-18-23(29(40)38(30(35)41)21-6-3-19(31)4-7-21)28(39)34-20-5-8-26(24(32)15-20)44-27-16-22(17-37-25(27)9-10-33-37)36-11-13-45(42,43)14-12-36/h3-10,15-18H,2,11-14H2,1H3,(H,34,39). The van der Waals surface area contributed by atoms with Crippen LogP contribution in [0.3, 0.4) is 0 Å². The molecule has 0 atom stereocenters. The van der Waals surface area contributed by atoms with Crippen molar-refractivity contribution < 1.29 is 26.7 Å². The van der Waals surface area contributed by atoms with E-state index in [2.05, 4.69) is 10.4 Å². The molecule has 1 aliphatic rings. The highest BCUT2D eigenvalue weighted by Gasteiger charge is 2.24. The van der Waals surface area contributed by atoms with Gasteiger partial charge in [-0.2, -0.15) is 5.10 Å². The van der Waals surface area contributed by atoms with E-state index in [1.54, 1.807) is 36.0 Å². The van der Waals surface area contributed by atoms with E-state index in [9.17, 15) is 27.2 Å². The lowest BCUT2D eigenvalue weighted by Gasteiger charge is -2.29. The summed E-state index contributed by atoms with van der Waals surface area (Å²) in [6.45, 7) is 2.38. The first kappa shape index (κ1) is 29.7. The van der Waals surface area contributed by atoms with Crippen LogP contribution in [0.4, 0.5) is 20.2 Å².